The van der Waals surface area contributed by atoms with Gasteiger partial charge in [0.1, 0.15) is 11.6 Å². The minimum Gasteiger partial charge on any atom is -0.316 e. The molecule has 1 saturated heterocycles. The Hall–Kier alpha value is -0.930. The Morgan fingerprint density at radius 1 is 1.53 bits per heavy atom. The molecule has 0 amide bonds. The monoisotopic (exact) mass is 283 g/mol. The number of hydrogen-bond acceptors (Lipinski definition) is 2. The number of Topliss-reactive ketones (excluding diaryl/α,β-unsaturated/α-hetero) is 1. The average molecular weight is 284 g/mol. The first-order valence-electron chi connectivity index (χ1n) is 6.76. The standard InChI is InChI=1S/C15H19ClFNO/c1-2-6-15(7-8-18-10-15)13(19)9-11-4-3-5-12(17)14(11)16/h3-5,18H,2,6-10H2,1H3. The molecule has 1 aliphatic rings. The highest BCUT2D eigenvalue weighted by Crippen LogP contribution is 2.34. The Kier molecular flexibility index (Phi) is 4.58. The first kappa shape index (κ1) is 14.5. The second-order valence-corrected chi connectivity index (χ2v) is 5.65. The minimum atomic E-state index is -0.457. The molecule has 0 saturated carbocycles. The van der Waals surface area contributed by atoms with E-state index in [0.717, 1.165) is 32.4 Å². The highest BCUT2D eigenvalue weighted by atomic mass is 35.5. The van der Waals surface area contributed by atoms with E-state index in [1.54, 1.807) is 12.1 Å². The second kappa shape index (κ2) is 6.02. The van der Waals surface area contributed by atoms with Gasteiger partial charge in [-0.3, -0.25) is 4.79 Å². The Balaban J connectivity index is 2.17. The molecule has 0 aliphatic carbocycles. The van der Waals surface area contributed by atoms with E-state index in [4.69, 9.17) is 11.6 Å². The second-order valence-electron chi connectivity index (χ2n) is 5.27. The Morgan fingerprint density at radius 2 is 2.32 bits per heavy atom. The summed E-state index contributed by atoms with van der Waals surface area (Å²) in [5, 5.41) is 3.34. The Morgan fingerprint density at radius 3 is 2.95 bits per heavy atom. The van der Waals surface area contributed by atoms with Crippen molar-refractivity contribution in [3.05, 3.63) is 34.6 Å². The van der Waals surface area contributed by atoms with Crippen molar-refractivity contribution in [3.8, 4) is 0 Å². The molecule has 1 aliphatic heterocycles. The number of hydrogen-bond donors (Lipinski definition) is 1. The Labute approximate surface area is 118 Å². The molecular weight excluding hydrogens is 265 g/mol. The number of ketones is 1. The van der Waals surface area contributed by atoms with E-state index in [0.29, 0.717) is 5.56 Å². The summed E-state index contributed by atoms with van der Waals surface area (Å²) in [6.07, 6.45) is 2.95. The lowest BCUT2D eigenvalue weighted by atomic mass is 9.76. The lowest BCUT2D eigenvalue weighted by Gasteiger charge is -2.26. The van der Waals surface area contributed by atoms with Crippen LogP contribution in [0.4, 0.5) is 4.39 Å². The van der Waals surface area contributed by atoms with E-state index < -0.39 is 5.82 Å². The van der Waals surface area contributed by atoms with Crippen LogP contribution in [-0.2, 0) is 11.2 Å². The molecule has 1 atom stereocenters. The molecule has 1 fully saturated rings. The van der Waals surface area contributed by atoms with Crippen LogP contribution in [0.1, 0.15) is 31.7 Å². The lowest BCUT2D eigenvalue weighted by molar-refractivity contribution is -0.127. The van der Waals surface area contributed by atoms with Crippen molar-refractivity contribution in [3.63, 3.8) is 0 Å². The summed E-state index contributed by atoms with van der Waals surface area (Å²) in [7, 11) is 0. The number of nitrogens with one attached hydrogen (secondary N) is 1. The van der Waals surface area contributed by atoms with Gasteiger partial charge in [0.15, 0.2) is 0 Å². The predicted molar refractivity (Wildman–Crippen MR) is 74.9 cm³/mol. The smallest absolute Gasteiger partial charge is 0.144 e. The topological polar surface area (TPSA) is 29.1 Å². The maximum Gasteiger partial charge on any atom is 0.144 e. The number of halogens is 2. The summed E-state index contributed by atoms with van der Waals surface area (Å²) in [5.41, 5.74) is 0.304. The van der Waals surface area contributed by atoms with Crippen molar-refractivity contribution in [2.45, 2.75) is 32.6 Å². The number of carbonyl (C=O) groups excluding carboxylic acids is 1. The molecule has 0 spiro atoms. The zero-order valence-electron chi connectivity index (χ0n) is 11.1. The third-order valence-corrected chi connectivity index (χ3v) is 4.37. The molecular formula is C15H19ClFNO. The van der Waals surface area contributed by atoms with Gasteiger partial charge in [0, 0.05) is 18.4 Å². The number of carbonyl (C=O) groups is 1. The van der Waals surface area contributed by atoms with E-state index in [1.807, 2.05) is 0 Å². The summed E-state index contributed by atoms with van der Waals surface area (Å²) in [6.45, 7) is 3.69. The number of rotatable bonds is 5. The molecule has 1 aromatic rings. The van der Waals surface area contributed by atoms with Crippen LogP contribution in [0.15, 0.2) is 18.2 Å². The molecule has 0 radical (unpaired) electrons. The van der Waals surface area contributed by atoms with Crippen LogP contribution in [0.5, 0.6) is 0 Å². The van der Waals surface area contributed by atoms with Crippen LogP contribution in [0.25, 0.3) is 0 Å². The molecule has 0 bridgehead atoms. The van der Waals surface area contributed by atoms with Gasteiger partial charge < -0.3 is 5.32 Å². The van der Waals surface area contributed by atoms with Crippen molar-refractivity contribution in [2.24, 2.45) is 5.41 Å². The van der Waals surface area contributed by atoms with Gasteiger partial charge in [0.2, 0.25) is 0 Å². The predicted octanol–water partition coefficient (Wildman–Crippen LogP) is 3.37. The summed E-state index contributed by atoms with van der Waals surface area (Å²) >= 11 is 5.92. The van der Waals surface area contributed by atoms with E-state index in [1.165, 1.54) is 6.07 Å². The molecule has 1 aromatic carbocycles. The van der Waals surface area contributed by atoms with E-state index in [-0.39, 0.29) is 22.6 Å². The highest BCUT2D eigenvalue weighted by molar-refractivity contribution is 6.31. The zero-order valence-corrected chi connectivity index (χ0v) is 11.9. The normalized spacial score (nSPS) is 22.7. The largest absolute Gasteiger partial charge is 0.316 e. The van der Waals surface area contributed by atoms with Crippen molar-refractivity contribution in [1.29, 1.82) is 0 Å². The molecule has 1 N–H and O–H groups in total. The van der Waals surface area contributed by atoms with E-state index in [2.05, 4.69) is 12.2 Å². The molecule has 104 valence electrons. The van der Waals surface area contributed by atoms with Gasteiger partial charge in [-0.05, 0) is 31.0 Å². The lowest BCUT2D eigenvalue weighted by Crippen LogP contribution is -2.34. The van der Waals surface area contributed by atoms with Gasteiger partial charge in [0.25, 0.3) is 0 Å². The van der Waals surface area contributed by atoms with Crippen molar-refractivity contribution < 1.29 is 9.18 Å². The number of benzene rings is 1. The molecule has 2 rings (SSSR count). The van der Waals surface area contributed by atoms with Crippen LogP contribution < -0.4 is 5.32 Å². The molecule has 0 aromatic heterocycles. The van der Waals surface area contributed by atoms with E-state index in [9.17, 15) is 9.18 Å². The van der Waals surface area contributed by atoms with Crippen LogP contribution in [0, 0.1) is 11.2 Å². The van der Waals surface area contributed by atoms with Gasteiger partial charge in [0.05, 0.1) is 5.02 Å². The van der Waals surface area contributed by atoms with Gasteiger partial charge in [-0.25, -0.2) is 4.39 Å². The maximum absolute atomic E-state index is 13.4. The van der Waals surface area contributed by atoms with Crippen LogP contribution in [-0.4, -0.2) is 18.9 Å². The molecule has 2 nitrogen and oxygen atoms in total. The first-order valence-corrected chi connectivity index (χ1v) is 7.14. The molecule has 4 heteroatoms. The van der Waals surface area contributed by atoms with Gasteiger partial charge in [-0.1, -0.05) is 37.1 Å². The summed E-state index contributed by atoms with van der Waals surface area (Å²) in [5.74, 6) is -0.284. The Bertz CT molecular complexity index is 469. The molecule has 1 unspecified atom stereocenters. The molecule has 1 heterocycles. The van der Waals surface area contributed by atoms with Crippen molar-refractivity contribution in [1.82, 2.24) is 5.32 Å². The third kappa shape index (κ3) is 2.98. The fourth-order valence-corrected chi connectivity index (χ4v) is 3.05. The fourth-order valence-electron chi connectivity index (χ4n) is 2.86. The summed E-state index contributed by atoms with van der Waals surface area (Å²) in [4.78, 5) is 12.6. The van der Waals surface area contributed by atoms with Crippen LogP contribution in [0.2, 0.25) is 5.02 Å². The molecule has 19 heavy (non-hydrogen) atoms. The SMILES string of the molecule is CCCC1(C(=O)Cc2cccc(F)c2Cl)CCNC1. The minimum absolute atomic E-state index is 0.0773. The highest BCUT2D eigenvalue weighted by Gasteiger charge is 2.39. The van der Waals surface area contributed by atoms with Gasteiger partial charge >= 0.3 is 0 Å². The van der Waals surface area contributed by atoms with Gasteiger partial charge in [-0.2, -0.15) is 0 Å². The first-order chi connectivity index (χ1) is 9.09. The summed E-state index contributed by atoms with van der Waals surface area (Å²) < 4.78 is 13.4. The van der Waals surface area contributed by atoms with Crippen molar-refractivity contribution in [2.75, 3.05) is 13.1 Å². The quantitative estimate of drug-likeness (QED) is 0.898. The third-order valence-electron chi connectivity index (χ3n) is 3.95. The van der Waals surface area contributed by atoms with Crippen LogP contribution in [0.3, 0.4) is 0 Å². The zero-order chi connectivity index (χ0) is 13.9. The fraction of sp³-hybridized carbons (Fsp3) is 0.533. The summed E-state index contributed by atoms with van der Waals surface area (Å²) in [6, 6.07) is 4.64. The van der Waals surface area contributed by atoms with Crippen LogP contribution >= 0.6 is 11.6 Å². The van der Waals surface area contributed by atoms with E-state index >= 15 is 0 Å². The van der Waals surface area contributed by atoms with Gasteiger partial charge in [-0.15, -0.1) is 0 Å². The average Bonchev–Trinajstić information content (AvgIpc) is 2.85. The maximum atomic E-state index is 13.4. The van der Waals surface area contributed by atoms with Crippen molar-refractivity contribution >= 4 is 17.4 Å².